The van der Waals surface area contributed by atoms with Crippen molar-refractivity contribution in [3.8, 4) is 0 Å². The van der Waals surface area contributed by atoms with E-state index in [1.807, 2.05) is 0 Å². The molecule has 3 aliphatic rings. The molecule has 2 heterocycles. The van der Waals surface area contributed by atoms with Crippen LogP contribution in [0.15, 0.2) is 5.38 Å². The van der Waals surface area contributed by atoms with Crippen molar-refractivity contribution in [1.29, 1.82) is 0 Å². The highest BCUT2D eigenvalue weighted by Gasteiger charge is 2.60. The van der Waals surface area contributed by atoms with Crippen LogP contribution in [0.5, 0.6) is 0 Å². The Labute approximate surface area is 129 Å². The van der Waals surface area contributed by atoms with Gasteiger partial charge >= 0.3 is 0 Å². The van der Waals surface area contributed by atoms with E-state index in [9.17, 15) is 4.79 Å². The normalized spacial score (nSPS) is 31.8. The molecule has 2 aliphatic carbocycles. The summed E-state index contributed by atoms with van der Waals surface area (Å²) in [4.78, 5) is 19.3. The van der Waals surface area contributed by atoms with Crippen molar-refractivity contribution in [2.24, 2.45) is 17.3 Å². The molecule has 3 fully saturated rings. The fourth-order valence-electron chi connectivity index (χ4n) is 3.69. The Morgan fingerprint density at radius 3 is 3.14 bits per heavy atom. The molecule has 5 heteroatoms. The second-order valence-corrected chi connectivity index (χ2v) is 8.19. The van der Waals surface area contributed by atoms with Gasteiger partial charge in [-0.15, -0.1) is 11.3 Å². The lowest BCUT2D eigenvalue weighted by Gasteiger charge is -2.14. The molecule has 1 aromatic heterocycles. The number of nitrogens with one attached hydrogen (secondary N) is 1. The molecule has 0 unspecified atom stereocenters. The van der Waals surface area contributed by atoms with Crippen molar-refractivity contribution in [3.63, 3.8) is 0 Å². The number of carbonyl (C=O) groups excluding carboxylic acids is 1. The average molecular weight is 305 g/mol. The standard InChI is InChI=1S/C16H23N3OS/c1-11-18-13(9-21-11)8-19-5-4-16(10-19)6-14(16)15(20)17-7-12-2-3-12/h9,12,14H,2-8,10H2,1H3,(H,17,20)/t14-,16-/m1/s1. The number of hydrogen-bond acceptors (Lipinski definition) is 4. The molecule has 0 bridgehead atoms. The quantitative estimate of drug-likeness (QED) is 0.907. The Morgan fingerprint density at radius 2 is 2.43 bits per heavy atom. The zero-order chi connectivity index (χ0) is 14.4. The number of aryl methyl sites for hydroxylation is 1. The van der Waals surface area contributed by atoms with Crippen LogP contribution in [0.4, 0.5) is 0 Å². The minimum Gasteiger partial charge on any atom is -0.356 e. The maximum atomic E-state index is 12.2. The van der Waals surface area contributed by atoms with Gasteiger partial charge in [-0.25, -0.2) is 4.98 Å². The van der Waals surface area contributed by atoms with Crippen LogP contribution in [0, 0.1) is 24.2 Å². The van der Waals surface area contributed by atoms with Crippen molar-refractivity contribution in [2.75, 3.05) is 19.6 Å². The molecule has 4 rings (SSSR count). The van der Waals surface area contributed by atoms with E-state index in [0.29, 0.717) is 11.3 Å². The van der Waals surface area contributed by atoms with Crippen LogP contribution in [0.25, 0.3) is 0 Å². The summed E-state index contributed by atoms with van der Waals surface area (Å²) < 4.78 is 0. The topological polar surface area (TPSA) is 45.2 Å². The monoisotopic (exact) mass is 305 g/mol. The van der Waals surface area contributed by atoms with E-state index in [-0.39, 0.29) is 5.92 Å². The van der Waals surface area contributed by atoms with E-state index in [1.165, 1.54) is 25.0 Å². The van der Waals surface area contributed by atoms with Crippen LogP contribution in [0.1, 0.15) is 36.4 Å². The third-order valence-corrected chi connectivity index (χ3v) is 6.11. The van der Waals surface area contributed by atoms with Gasteiger partial charge in [-0.2, -0.15) is 0 Å². The molecule has 1 aromatic rings. The van der Waals surface area contributed by atoms with Crippen LogP contribution >= 0.6 is 11.3 Å². The first-order valence-corrected chi connectivity index (χ1v) is 8.94. The van der Waals surface area contributed by atoms with Crippen LogP contribution in [0.2, 0.25) is 0 Å². The molecule has 1 N–H and O–H groups in total. The molecule has 1 spiro atoms. The predicted octanol–water partition coefficient (Wildman–Crippen LogP) is 2.19. The molecule has 2 saturated carbocycles. The minimum atomic E-state index is 0.276. The van der Waals surface area contributed by atoms with Crippen molar-refractivity contribution in [1.82, 2.24) is 15.2 Å². The molecule has 4 nitrogen and oxygen atoms in total. The first kappa shape index (κ1) is 13.7. The number of likely N-dealkylation sites (tertiary alicyclic amines) is 1. The number of nitrogens with zero attached hydrogens (tertiary/aromatic N) is 2. The second kappa shape index (κ2) is 5.06. The van der Waals surface area contributed by atoms with Crippen molar-refractivity contribution >= 4 is 17.2 Å². The van der Waals surface area contributed by atoms with Gasteiger partial charge in [-0.3, -0.25) is 9.69 Å². The molecular weight excluding hydrogens is 282 g/mol. The summed E-state index contributed by atoms with van der Waals surface area (Å²) in [6, 6.07) is 0. The number of carbonyl (C=O) groups is 1. The van der Waals surface area contributed by atoms with Gasteiger partial charge < -0.3 is 5.32 Å². The van der Waals surface area contributed by atoms with Crippen LogP contribution in [-0.2, 0) is 11.3 Å². The van der Waals surface area contributed by atoms with Gasteiger partial charge in [0.1, 0.15) is 0 Å². The summed E-state index contributed by atoms with van der Waals surface area (Å²) in [5, 5.41) is 6.46. The molecule has 21 heavy (non-hydrogen) atoms. The maximum Gasteiger partial charge on any atom is 0.223 e. The van der Waals surface area contributed by atoms with E-state index in [4.69, 9.17) is 0 Å². The van der Waals surface area contributed by atoms with Gasteiger partial charge in [-0.05, 0) is 50.5 Å². The Bertz CT molecular complexity index is 553. The summed E-state index contributed by atoms with van der Waals surface area (Å²) >= 11 is 1.72. The van der Waals surface area contributed by atoms with Crippen molar-refractivity contribution in [3.05, 3.63) is 16.1 Å². The summed E-state index contributed by atoms with van der Waals surface area (Å²) in [5.41, 5.74) is 1.48. The summed E-state index contributed by atoms with van der Waals surface area (Å²) in [6.45, 7) is 6.10. The fourth-order valence-corrected chi connectivity index (χ4v) is 4.29. The highest BCUT2D eigenvalue weighted by Crippen LogP contribution is 2.58. The van der Waals surface area contributed by atoms with Crippen molar-refractivity contribution < 1.29 is 4.79 Å². The third kappa shape index (κ3) is 2.86. The number of thiazole rings is 1. The Hall–Kier alpha value is -0.940. The molecule has 114 valence electrons. The lowest BCUT2D eigenvalue weighted by molar-refractivity contribution is -0.123. The fraction of sp³-hybridized carbons (Fsp3) is 0.750. The molecule has 1 saturated heterocycles. The van der Waals surface area contributed by atoms with Crippen LogP contribution < -0.4 is 5.32 Å². The Morgan fingerprint density at radius 1 is 1.57 bits per heavy atom. The molecule has 1 amide bonds. The Balaban J connectivity index is 1.29. The van der Waals surface area contributed by atoms with E-state index in [0.717, 1.165) is 43.5 Å². The molecular formula is C16H23N3OS. The highest BCUT2D eigenvalue weighted by molar-refractivity contribution is 7.09. The van der Waals surface area contributed by atoms with E-state index < -0.39 is 0 Å². The summed E-state index contributed by atoms with van der Waals surface area (Å²) in [5.74, 6) is 1.36. The second-order valence-electron chi connectivity index (χ2n) is 7.13. The van der Waals surface area contributed by atoms with E-state index >= 15 is 0 Å². The molecule has 1 aliphatic heterocycles. The van der Waals surface area contributed by atoms with E-state index in [2.05, 4.69) is 27.5 Å². The first-order valence-electron chi connectivity index (χ1n) is 8.06. The maximum absolute atomic E-state index is 12.2. The zero-order valence-corrected chi connectivity index (χ0v) is 13.4. The molecule has 2 atom stereocenters. The van der Waals surface area contributed by atoms with E-state index in [1.54, 1.807) is 11.3 Å². The molecule has 0 aromatic carbocycles. The van der Waals surface area contributed by atoms with Gasteiger partial charge in [0.25, 0.3) is 0 Å². The SMILES string of the molecule is Cc1nc(CN2CC[C@@]3(C[C@@H]3C(=O)NCC3CC3)C2)cs1. The number of hydrogen-bond donors (Lipinski definition) is 1. The largest absolute Gasteiger partial charge is 0.356 e. The van der Waals surface area contributed by atoms with Gasteiger partial charge in [-0.1, -0.05) is 0 Å². The van der Waals surface area contributed by atoms with Gasteiger partial charge in [0.2, 0.25) is 5.91 Å². The van der Waals surface area contributed by atoms with Crippen LogP contribution in [-0.4, -0.2) is 35.4 Å². The van der Waals surface area contributed by atoms with Crippen molar-refractivity contribution in [2.45, 2.75) is 39.2 Å². The average Bonchev–Trinajstić information content (AvgIpc) is 3.32. The lowest BCUT2D eigenvalue weighted by atomic mass is 10.0. The van der Waals surface area contributed by atoms with Gasteiger partial charge in [0.05, 0.1) is 10.7 Å². The third-order valence-electron chi connectivity index (χ3n) is 5.28. The first-order chi connectivity index (χ1) is 10.1. The van der Waals surface area contributed by atoms with Gasteiger partial charge in [0.15, 0.2) is 0 Å². The zero-order valence-electron chi connectivity index (χ0n) is 12.6. The number of rotatable bonds is 5. The predicted molar refractivity (Wildman–Crippen MR) is 83.0 cm³/mol. The number of aromatic nitrogens is 1. The lowest BCUT2D eigenvalue weighted by Crippen LogP contribution is -2.30. The summed E-state index contributed by atoms with van der Waals surface area (Å²) in [6.07, 6.45) is 4.88. The van der Waals surface area contributed by atoms with Crippen LogP contribution in [0.3, 0.4) is 0 Å². The minimum absolute atomic E-state index is 0.276. The molecule has 0 radical (unpaired) electrons. The Kier molecular flexibility index (Phi) is 3.30. The highest BCUT2D eigenvalue weighted by atomic mass is 32.1. The van der Waals surface area contributed by atoms with Gasteiger partial charge in [0, 0.05) is 30.9 Å². The smallest absolute Gasteiger partial charge is 0.223 e. The summed E-state index contributed by atoms with van der Waals surface area (Å²) in [7, 11) is 0. The number of amides is 1.